The lowest BCUT2D eigenvalue weighted by Gasteiger charge is -2.10. The first-order valence-corrected chi connectivity index (χ1v) is 4.72. The van der Waals surface area contributed by atoms with E-state index in [0.717, 1.165) is 0 Å². The van der Waals surface area contributed by atoms with Crippen molar-refractivity contribution in [2.45, 2.75) is 20.0 Å². The molecule has 3 heteroatoms. The summed E-state index contributed by atoms with van der Waals surface area (Å²) in [5.74, 6) is 0.0342. The Morgan fingerprint density at radius 3 is 2.40 bits per heavy atom. The number of hydrogen-bond donors (Lipinski definition) is 0. The molecule has 0 aliphatic rings. The smallest absolute Gasteiger partial charge is 0.373 e. The Balaban J connectivity index is 2.53. The van der Waals surface area contributed by atoms with Crippen molar-refractivity contribution in [3.63, 3.8) is 0 Å². The fraction of sp³-hybridized carbons (Fsp3) is 0.250. The average Bonchev–Trinajstić information content (AvgIpc) is 2.18. The second-order valence-electron chi connectivity index (χ2n) is 3.29. The number of rotatable bonds is 4. The third-order valence-corrected chi connectivity index (χ3v) is 1.55. The van der Waals surface area contributed by atoms with Crippen LogP contribution < -0.4 is 4.74 Å². The van der Waals surface area contributed by atoms with Crippen LogP contribution >= 0.6 is 0 Å². The maximum Gasteiger partial charge on any atom is 0.373 e. The molecular formula is C12H14O3. The highest BCUT2D eigenvalue weighted by molar-refractivity contribution is 5.86. The number of carbonyl (C=O) groups excluding carboxylic acids is 1. The highest BCUT2D eigenvalue weighted by Gasteiger charge is 2.12. The monoisotopic (exact) mass is 206 g/mol. The van der Waals surface area contributed by atoms with Gasteiger partial charge in [0.25, 0.3) is 0 Å². The Kier molecular flexibility index (Phi) is 3.92. The molecule has 0 atom stereocenters. The predicted octanol–water partition coefficient (Wildman–Crippen LogP) is 2.53. The van der Waals surface area contributed by atoms with Crippen molar-refractivity contribution in [1.29, 1.82) is 0 Å². The van der Waals surface area contributed by atoms with Crippen molar-refractivity contribution >= 4 is 5.97 Å². The van der Waals surface area contributed by atoms with Gasteiger partial charge in [0, 0.05) is 0 Å². The summed E-state index contributed by atoms with van der Waals surface area (Å²) < 4.78 is 10.1. The molecule has 0 aliphatic heterocycles. The first kappa shape index (κ1) is 11.3. The van der Waals surface area contributed by atoms with Crippen LogP contribution in [-0.4, -0.2) is 12.1 Å². The zero-order valence-corrected chi connectivity index (χ0v) is 8.90. The van der Waals surface area contributed by atoms with Crippen molar-refractivity contribution in [2.24, 2.45) is 0 Å². The molecule has 0 amide bonds. The van der Waals surface area contributed by atoms with E-state index in [0.29, 0.717) is 5.75 Å². The van der Waals surface area contributed by atoms with E-state index in [1.807, 2.05) is 18.2 Å². The summed E-state index contributed by atoms with van der Waals surface area (Å²) in [6.07, 6.45) is -0.173. The summed E-state index contributed by atoms with van der Waals surface area (Å²) in [6, 6.07) is 8.98. The van der Waals surface area contributed by atoms with Crippen LogP contribution in [0.1, 0.15) is 13.8 Å². The number of para-hydroxylation sites is 1. The molecular weight excluding hydrogens is 192 g/mol. The van der Waals surface area contributed by atoms with Crippen molar-refractivity contribution in [3.8, 4) is 5.75 Å². The van der Waals surface area contributed by atoms with E-state index < -0.39 is 5.97 Å². The van der Waals surface area contributed by atoms with Crippen LogP contribution in [0.4, 0.5) is 0 Å². The van der Waals surface area contributed by atoms with Gasteiger partial charge in [0.1, 0.15) is 5.75 Å². The van der Waals surface area contributed by atoms with Crippen molar-refractivity contribution < 1.29 is 14.3 Å². The summed E-state index contributed by atoms with van der Waals surface area (Å²) in [5.41, 5.74) is 0. The average molecular weight is 206 g/mol. The molecule has 0 fully saturated rings. The molecule has 0 radical (unpaired) electrons. The van der Waals surface area contributed by atoms with Gasteiger partial charge in [-0.15, -0.1) is 0 Å². The third kappa shape index (κ3) is 3.85. The molecule has 15 heavy (non-hydrogen) atoms. The lowest BCUT2D eigenvalue weighted by Crippen LogP contribution is -2.16. The van der Waals surface area contributed by atoms with Gasteiger partial charge in [0.15, 0.2) is 0 Å². The van der Waals surface area contributed by atoms with Crippen molar-refractivity contribution in [1.82, 2.24) is 0 Å². The molecule has 0 spiro atoms. The topological polar surface area (TPSA) is 35.5 Å². The molecule has 1 aromatic carbocycles. The van der Waals surface area contributed by atoms with Gasteiger partial charge in [-0.05, 0) is 32.6 Å². The second kappa shape index (κ2) is 5.20. The number of benzene rings is 1. The maximum absolute atomic E-state index is 11.3. The summed E-state index contributed by atoms with van der Waals surface area (Å²) in [6.45, 7) is 7.05. The minimum Gasteiger partial charge on any atom is -0.457 e. The Morgan fingerprint density at radius 1 is 1.27 bits per heavy atom. The Hall–Kier alpha value is -1.77. The molecule has 0 aromatic heterocycles. The molecule has 0 saturated carbocycles. The summed E-state index contributed by atoms with van der Waals surface area (Å²) in [4.78, 5) is 11.3. The zero-order chi connectivity index (χ0) is 11.3. The summed E-state index contributed by atoms with van der Waals surface area (Å²) in [5, 5.41) is 0. The van der Waals surface area contributed by atoms with Crippen LogP contribution in [0.3, 0.4) is 0 Å². The Morgan fingerprint density at radius 2 is 1.87 bits per heavy atom. The molecule has 0 heterocycles. The first-order chi connectivity index (χ1) is 7.09. The van der Waals surface area contributed by atoms with E-state index >= 15 is 0 Å². The molecule has 0 aliphatic carbocycles. The SMILES string of the molecule is C=C(Oc1ccccc1)C(=O)OC(C)C. The lowest BCUT2D eigenvalue weighted by atomic mass is 10.3. The minimum atomic E-state index is -0.533. The number of ether oxygens (including phenoxy) is 2. The Bertz CT molecular complexity index is 341. The van der Waals surface area contributed by atoms with E-state index in [2.05, 4.69) is 6.58 Å². The molecule has 1 aromatic rings. The number of esters is 1. The van der Waals surface area contributed by atoms with E-state index in [1.165, 1.54) is 0 Å². The Labute approximate surface area is 89.3 Å². The van der Waals surface area contributed by atoms with Gasteiger partial charge in [-0.3, -0.25) is 0 Å². The summed E-state index contributed by atoms with van der Waals surface area (Å²) in [7, 11) is 0. The zero-order valence-electron chi connectivity index (χ0n) is 8.90. The highest BCUT2D eigenvalue weighted by Crippen LogP contribution is 2.12. The molecule has 1 rings (SSSR count). The standard InChI is InChI=1S/C12H14O3/c1-9(2)14-12(13)10(3)15-11-7-5-4-6-8-11/h4-9H,3H2,1-2H3. The van der Waals surface area contributed by atoms with Gasteiger partial charge < -0.3 is 9.47 Å². The van der Waals surface area contributed by atoms with Crippen LogP contribution in [0.5, 0.6) is 5.75 Å². The van der Waals surface area contributed by atoms with Crippen molar-refractivity contribution in [2.75, 3.05) is 0 Å². The second-order valence-corrected chi connectivity index (χ2v) is 3.29. The molecule has 3 nitrogen and oxygen atoms in total. The molecule has 80 valence electrons. The van der Waals surface area contributed by atoms with Gasteiger partial charge >= 0.3 is 5.97 Å². The minimum absolute atomic E-state index is 0.00472. The molecule has 0 bridgehead atoms. The van der Waals surface area contributed by atoms with E-state index in [9.17, 15) is 4.79 Å². The van der Waals surface area contributed by atoms with E-state index in [-0.39, 0.29) is 11.9 Å². The fourth-order valence-corrected chi connectivity index (χ4v) is 0.952. The third-order valence-electron chi connectivity index (χ3n) is 1.55. The fourth-order valence-electron chi connectivity index (χ4n) is 0.952. The number of hydrogen-bond acceptors (Lipinski definition) is 3. The van der Waals surface area contributed by atoms with Crippen LogP contribution in [0.15, 0.2) is 42.7 Å². The quantitative estimate of drug-likeness (QED) is 0.431. The molecule has 0 N–H and O–H groups in total. The van der Waals surface area contributed by atoms with E-state index in [1.54, 1.807) is 26.0 Å². The van der Waals surface area contributed by atoms with Gasteiger partial charge in [-0.25, -0.2) is 4.79 Å². The van der Waals surface area contributed by atoms with Gasteiger partial charge in [0.05, 0.1) is 6.10 Å². The van der Waals surface area contributed by atoms with E-state index in [4.69, 9.17) is 9.47 Å². The largest absolute Gasteiger partial charge is 0.457 e. The molecule has 0 unspecified atom stereocenters. The van der Waals surface area contributed by atoms with Gasteiger partial charge in [0.2, 0.25) is 5.76 Å². The predicted molar refractivity (Wildman–Crippen MR) is 57.4 cm³/mol. The van der Waals surface area contributed by atoms with Crippen LogP contribution in [0.25, 0.3) is 0 Å². The van der Waals surface area contributed by atoms with Crippen LogP contribution in [0.2, 0.25) is 0 Å². The lowest BCUT2D eigenvalue weighted by molar-refractivity contribution is -0.145. The first-order valence-electron chi connectivity index (χ1n) is 4.72. The normalized spacial score (nSPS) is 9.80. The number of carbonyl (C=O) groups is 1. The van der Waals surface area contributed by atoms with Crippen molar-refractivity contribution in [3.05, 3.63) is 42.7 Å². The van der Waals surface area contributed by atoms with Gasteiger partial charge in [-0.1, -0.05) is 18.2 Å². The van der Waals surface area contributed by atoms with Crippen LogP contribution in [0, 0.1) is 0 Å². The van der Waals surface area contributed by atoms with Gasteiger partial charge in [-0.2, -0.15) is 0 Å². The summed E-state index contributed by atoms with van der Waals surface area (Å²) >= 11 is 0. The molecule has 0 saturated heterocycles. The highest BCUT2D eigenvalue weighted by atomic mass is 16.6. The maximum atomic E-state index is 11.3. The van der Waals surface area contributed by atoms with Crippen LogP contribution in [-0.2, 0) is 9.53 Å².